The van der Waals surface area contributed by atoms with Crippen LogP contribution in [0.15, 0.2) is 39.3 Å². The van der Waals surface area contributed by atoms with Gasteiger partial charge in [0.15, 0.2) is 5.78 Å². The lowest BCUT2D eigenvalue weighted by Gasteiger charge is -2.11. The molecule has 0 saturated carbocycles. The molecule has 0 aliphatic rings. The molecule has 2 nitrogen and oxygen atoms in total. The summed E-state index contributed by atoms with van der Waals surface area (Å²) in [6.07, 6.45) is 0. The van der Waals surface area contributed by atoms with E-state index in [1.807, 2.05) is 44.2 Å². The van der Waals surface area contributed by atoms with Crippen LogP contribution in [0.2, 0.25) is 0 Å². The van der Waals surface area contributed by atoms with E-state index in [2.05, 4.69) is 31.9 Å². The zero-order valence-electron chi connectivity index (χ0n) is 11.5. The van der Waals surface area contributed by atoms with Crippen molar-refractivity contribution in [2.75, 3.05) is 7.11 Å². The minimum Gasteiger partial charge on any atom is -0.496 e. The number of rotatable bonds is 3. The molecule has 0 aliphatic carbocycles. The third-order valence-corrected chi connectivity index (χ3v) is 4.28. The molecule has 0 unspecified atom stereocenters. The lowest BCUT2D eigenvalue weighted by molar-refractivity contribution is 0.103. The van der Waals surface area contributed by atoms with E-state index in [1.165, 1.54) is 0 Å². The monoisotopic (exact) mass is 396 g/mol. The molecular formula is C16H14Br2O2. The SMILES string of the molecule is COc1c(C)cc(C(=O)c2cc(Br)ccc2Br)cc1C. The Balaban J connectivity index is 2.51. The van der Waals surface area contributed by atoms with E-state index in [9.17, 15) is 4.79 Å². The van der Waals surface area contributed by atoms with Crippen molar-refractivity contribution in [2.45, 2.75) is 13.8 Å². The van der Waals surface area contributed by atoms with Gasteiger partial charge in [-0.15, -0.1) is 0 Å². The Morgan fingerprint density at radius 3 is 2.20 bits per heavy atom. The number of benzene rings is 2. The molecule has 0 radical (unpaired) electrons. The fourth-order valence-electron chi connectivity index (χ4n) is 2.23. The van der Waals surface area contributed by atoms with Crippen molar-refractivity contribution in [3.05, 3.63) is 61.5 Å². The second-order valence-electron chi connectivity index (χ2n) is 4.60. The first-order valence-corrected chi connectivity index (χ1v) is 7.67. The number of halogens is 2. The van der Waals surface area contributed by atoms with E-state index in [0.29, 0.717) is 11.1 Å². The molecule has 0 bridgehead atoms. The van der Waals surface area contributed by atoms with Gasteiger partial charge in [0.25, 0.3) is 0 Å². The van der Waals surface area contributed by atoms with Crippen molar-refractivity contribution in [3.63, 3.8) is 0 Å². The fraction of sp³-hybridized carbons (Fsp3) is 0.188. The van der Waals surface area contributed by atoms with Gasteiger partial charge < -0.3 is 4.74 Å². The summed E-state index contributed by atoms with van der Waals surface area (Å²) in [6.45, 7) is 3.89. The van der Waals surface area contributed by atoms with E-state index in [4.69, 9.17) is 4.74 Å². The molecule has 20 heavy (non-hydrogen) atoms. The van der Waals surface area contributed by atoms with Gasteiger partial charge in [-0.05, 0) is 55.3 Å². The minimum absolute atomic E-state index is 0.00738. The van der Waals surface area contributed by atoms with Crippen LogP contribution in [-0.2, 0) is 0 Å². The molecule has 0 aliphatic heterocycles. The lowest BCUT2D eigenvalue weighted by Crippen LogP contribution is -2.04. The molecule has 0 saturated heterocycles. The molecule has 2 rings (SSSR count). The van der Waals surface area contributed by atoms with Crippen LogP contribution in [0.25, 0.3) is 0 Å². The van der Waals surface area contributed by atoms with Crippen LogP contribution in [0.3, 0.4) is 0 Å². The van der Waals surface area contributed by atoms with Gasteiger partial charge in [0, 0.05) is 20.1 Å². The van der Waals surface area contributed by atoms with Crippen LogP contribution in [0, 0.1) is 13.8 Å². The number of methoxy groups -OCH3 is 1. The number of carbonyl (C=O) groups is 1. The maximum Gasteiger partial charge on any atom is 0.194 e. The highest BCUT2D eigenvalue weighted by Crippen LogP contribution is 2.28. The van der Waals surface area contributed by atoms with Crippen LogP contribution < -0.4 is 4.74 Å². The lowest BCUT2D eigenvalue weighted by atomic mass is 9.98. The van der Waals surface area contributed by atoms with Crippen molar-refractivity contribution in [1.82, 2.24) is 0 Å². The molecule has 2 aromatic rings. The third kappa shape index (κ3) is 2.96. The number of carbonyl (C=O) groups excluding carboxylic acids is 1. The minimum atomic E-state index is -0.00738. The van der Waals surface area contributed by atoms with Gasteiger partial charge in [0.2, 0.25) is 0 Å². The van der Waals surface area contributed by atoms with Crippen LogP contribution in [0.4, 0.5) is 0 Å². The number of ketones is 1. The quantitative estimate of drug-likeness (QED) is 0.676. The summed E-state index contributed by atoms with van der Waals surface area (Å²) in [5.41, 5.74) is 3.23. The first-order valence-electron chi connectivity index (χ1n) is 6.09. The molecule has 104 valence electrons. The van der Waals surface area contributed by atoms with Gasteiger partial charge >= 0.3 is 0 Å². The van der Waals surface area contributed by atoms with Crippen molar-refractivity contribution in [1.29, 1.82) is 0 Å². The van der Waals surface area contributed by atoms with Gasteiger partial charge in [-0.2, -0.15) is 0 Å². The number of hydrogen-bond donors (Lipinski definition) is 0. The van der Waals surface area contributed by atoms with Gasteiger partial charge in [-0.3, -0.25) is 4.79 Å². The van der Waals surface area contributed by atoms with Crippen molar-refractivity contribution >= 4 is 37.6 Å². The first-order chi connectivity index (χ1) is 9.43. The zero-order chi connectivity index (χ0) is 14.9. The highest BCUT2D eigenvalue weighted by molar-refractivity contribution is 9.11. The highest BCUT2D eigenvalue weighted by atomic mass is 79.9. The number of aryl methyl sites for hydroxylation is 2. The number of hydrogen-bond acceptors (Lipinski definition) is 2. The summed E-state index contributed by atoms with van der Waals surface area (Å²) in [5.74, 6) is 0.821. The molecule has 0 atom stereocenters. The highest BCUT2D eigenvalue weighted by Gasteiger charge is 2.15. The largest absolute Gasteiger partial charge is 0.496 e. The zero-order valence-corrected chi connectivity index (χ0v) is 14.6. The van der Waals surface area contributed by atoms with Crippen LogP contribution in [0.5, 0.6) is 5.75 Å². The van der Waals surface area contributed by atoms with E-state index in [1.54, 1.807) is 7.11 Å². The van der Waals surface area contributed by atoms with Gasteiger partial charge in [0.05, 0.1) is 7.11 Å². The molecule has 0 N–H and O–H groups in total. The average Bonchev–Trinajstić information content (AvgIpc) is 2.40. The molecule has 0 fully saturated rings. The second kappa shape index (κ2) is 6.10. The van der Waals surface area contributed by atoms with E-state index < -0.39 is 0 Å². The molecule has 0 spiro atoms. The third-order valence-electron chi connectivity index (χ3n) is 3.10. The Morgan fingerprint density at radius 2 is 1.65 bits per heavy atom. The summed E-state index contributed by atoms with van der Waals surface area (Å²) in [6, 6.07) is 9.30. The smallest absolute Gasteiger partial charge is 0.194 e. The molecule has 0 aromatic heterocycles. The Morgan fingerprint density at radius 1 is 1.05 bits per heavy atom. The van der Waals surface area contributed by atoms with Crippen LogP contribution >= 0.6 is 31.9 Å². The van der Waals surface area contributed by atoms with Gasteiger partial charge in [-0.25, -0.2) is 0 Å². The summed E-state index contributed by atoms with van der Waals surface area (Å²) < 4.78 is 7.00. The number of ether oxygens (including phenoxy) is 1. The topological polar surface area (TPSA) is 26.3 Å². The predicted octanol–water partition coefficient (Wildman–Crippen LogP) is 5.07. The molecular weight excluding hydrogens is 384 g/mol. The van der Waals surface area contributed by atoms with E-state index >= 15 is 0 Å². The van der Waals surface area contributed by atoms with Crippen molar-refractivity contribution in [2.24, 2.45) is 0 Å². The Bertz CT molecular complexity index is 655. The maximum absolute atomic E-state index is 12.6. The predicted molar refractivity (Wildman–Crippen MR) is 87.7 cm³/mol. The molecule has 4 heteroatoms. The summed E-state index contributed by atoms with van der Waals surface area (Å²) >= 11 is 6.82. The molecule has 0 heterocycles. The fourth-order valence-corrected chi connectivity index (χ4v) is 3.02. The molecule has 0 amide bonds. The van der Waals surface area contributed by atoms with E-state index in [-0.39, 0.29) is 5.78 Å². The normalized spacial score (nSPS) is 10.4. The Hall–Kier alpha value is -1.13. The first kappa shape index (κ1) is 15.3. The van der Waals surface area contributed by atoms with Crippen LogP contribution in [-0.4, -0.2) is 12.9 Å². The van der Waals surface area contributed by atoms with Crippen molar-refractivity contribution < 1.29 is 9.53 Å². The van der Waals surface area contributed by atoms with Gasteiger partial charge in [0.1, 0.15) is 5.75 Å². The summed E-state index contributed by atoms with van der Waals surface area (Å²) in [4.78, 5) is 12.6. The second-order valence-corrected chi connectivity index (χ2v) is 6.37. The average molecular weight is 398 g/mol. The van der Waals surface area contributed by atoms with Crippen molar-refractivity contribution in [3.8, 4) is 5.75 Å². The molecule has 2 aromatic carbocycles. The van der Waals surface area contributed by atoms with E-state index in [0.717, 1.165) is 25.8 Å². The maximum atomic E-state index is 12.6. The summed E-state index contributed by atoms with van der Waals surface area (Å²) in [5, 5.41) is 0. The Labute approximate surface area is 135 Å². The summed E-state index contributed by atoms with van der Waals surface area (Å²) in [7, 11) is 1.64. The van der Waals surface area contributed by atoms with Crippen LogP contribution in [0.1, 0.15) is 27.0 Å². The standard InChI is InChI=1S/C16H14Br2O2/c1-9-6-11(7-10(2)16(9)20-3)15(19)13-8-12(17)4-5-14(13)18/h4-8H,1-3H3. The Kier molecular flexibility index (Phi) is 4.66. The van der Waals surface area contributed by atoms with Gasteiger partial charge in [-0.1, -0.05) is 31.9 Å².